The molecule has 0 unspecified atom stereocenters. The van der Waals surface area contributed by atoms with Gasteiger partial charge in [0.15, 0.2) is 5.78 Å². The number of hydrogen-bond donors (Lipinski definition) is 0. The zero-order valence-corrected chi connectivity index (χ0v) is 14.0. The summed E-state index contributed by atoms with van der Waals surface area (Å²) in [5, 5.41) is 0. The van der Waals surface area contributed by atoms with Gasteiger partial charge in [-0.15, -0.1) is 0 Å². The van der Waals surface area contributed by atoms with E-state index < -0.39 is 0 Å². The Morgan fingerprint density at radius 3 is 2.65 bits per heavy atom. The first kappa shape index (κ1) is 14.7. The molecule has 0 atom stereocenters. The summed E-state index contributed by atoms with van der Waals surface area (Å²) in [6, 6.07) is 11.3. The number of benzene rings is 1. The van der Waals surface area contributed by atoms with Crippen LogP contribution in [0.2, 0.25) is 0 Å². The van der Waals surface area contributed by atoms with Crippen molar-refractivity contribution >= 4 is 5.78 Å². The molecule has 1 fully saturated rings. The molecule has 0 saturated heterocycles. The number of aromatic nitrogens is 1. The summed E-state index contributed by atoms with van der Waals surface area (Å²) in [6.07, 6.45) is 3.56. The molecule has 1 aromatic carbocycles. The third-order valence-electron chi connectivity index (χ3n) is 5.27. The molecule has 0 amide bonds. The van der Waals surface area contributed by atoms with Crippen molar-refractivity contribution in [2.24, 2.45) is 0 Å². The van der Waals surface area contributed by atoms with E-state index >= 15 is 0 Å². The van der Waals surface area contributed by atoms with Crippen LogP contribution in [-0.4, -0.2) is 28.3 Å². The zero-order chi connectivity index (χ0) is 16.0. The van der Waals surface area contributed by atoms with Crippen LogP contribution in [0.4, 0.5) is 0 Å². The minimum absolute atomic E-state index is 0.268. The van der Waals surface area contributed by atoms with Gasteiger partial charge in [-0.25, -0.2) is 0 Å². The topological polar surface area (TPSA) is 25.2 Å². The molecule has 0 bridgehead atoms. The van der Waals surface area contributed by atoms with E-state index in [2.05, 4.69) is 53.6 Å². The predicted molar refractivity (Wildman–Crippen MR) is 91.9 cm³/mol. The highest BCUT2D eigenvalue weighted by Gasteiger charge is 2.29. The van der Waals surface area contributed by atoms with Gasteiger partial charge in [-0.05, 0) is 50.3 Å². The molecular weight excluding hydrogens is 284 g/mol. The molecule has 120 valence electrons. The maximum atomic E-state index is 12.8. The maximum absolute atomic E-state index is 12.8. The highest BCUT2D eigenvalue weighted by atomic mass is 16.1. The van der Waals surface area contributed by atoms with Gasteiger partial charge in [0.05, 0.1) is 6.54 Å². The summed E-state index contributed by atoms with van der Waals surface area (Å²) in [7, 11) is 0. The van der Waals surface area contributed by atoms with Gasteiger partial charge in [0.25, 0.3) is 0 Å². The Bertz CT molecular complexity index is 755. The minimum Gasteiger partial charge on any atom is -0.345 e. The van der Waals surface area contributed by atoms with Gasteiger partial charge in [0.2, 0.25) is 0 Å². The highest BCUT2D eigenvalue weighted by molar-refractivity contribution is 5.99. The number of carbonyl (C=O) groups is 1. The van der Waals surface area contributed by atoms with E-state index in [1.54, 1.807) is 0 Å². The summed E-state index contributed by atoms with van der Waals surface area (Å²) < 4.78 is 2.36. The van der Waals surface area contributed by atoms with Gasteiger partial charge in [-0.2, -0.15) is 0 Å². The minimum atomic E-state index is 0.268. The van der Waals surface area contributed by atoms with Crippen LogP contribution in [0, 0.1) is 13.8 Å². The van der Waals surface area contributed by atoms with Crippen LogP contribution in [0.5, 0.6) is 0 Å². The molecule has 0 N–H and O–H groups in total. The van der Waals surface area contributed by atoms with Crippen LogP contribution in [0.15, 0.2) is 30.3 Å². The molecule has 0 spiro atoms. The van der Waals surface area contributed by atoms with Gasteiger partial charge < -0.3 is 4.57 Å². The Morgan fingerprint density at radius 1 is 1.17 bits per heavy atom. The van der Waals surface area contributed by atoms with E-state index in [-0.39, 0.29) is 5.78 Å². The van der Waals surface area contributed by atoms with Crippen LogP contribution in [0.25, 0.3) is 0 Å². The molecule has 1 aliphatic heterocycles. The first-order valence-electron chi connectivity index (χ1n) is 8.64. The van der Waals surface area contributed by atoms with Crippen molar-refractivity contribution in [3.63, 3.8) is 0 Å². The van der Waals surface area contributed by atoms with E-state index in [1.807, 2.05) is 0 Å². The molecule has 2 aromatic rings. The van der Waals surface area contributed by atoms with Crippen LogP contribution in [0.1, 0.15) is 51.8 Å². The summed E-state index contributed by atoms with van der Waals surface area (Å²) in [5.41, 5.74) is 6.12. The van der Waals surface area contributed by atoms with E-state index in [4.69, 9.17) is 0 Å². The fraction of sp³-hybridized carbons (Fsp3) is 0.450. The van der Waals surface area contributed by atoms with Crippen molar-refractivity contribution in [2.75, 3.05) is 13.1 Å². The van der Waals surface area contributed by atoms with Crippen LogP contribution in [-0.2, 0) is 13.0 Å². The average molecular weight is 308 g/mol. The fourth-order valence-electron chi connectivity index (χ4n) is 3.93. The first-order chi connectivity index (χ1) is 11.1. The fourth-order valence-corrected chi connectivity index (χ4v) is 3.93. The van der Waals surface area contributed by atoms with Gasteiger partial charge in [0, 0.05) is 36.1 Å². The van der Waals surface area contributed by atoms with Crippen LogP contribution in [0.3, 0.4) is 0 Å². The SMILES string of the molecule is Cc1cc(C(=O)CN2CCc3ccccc3C2)c(C)n1C1CC1. The molecule has 1 saturated carbocycles. The lowest BCUT2D eigenvalue weighted by molar-refractivity contribution is 0.0921. The predicted octanol–water partition coefficient (Wildman–Crippen LogP) is 3.68. The molecule has 2 aliphatic rings. The molecule has 2 heterocycles. The Kier molecular flexibility index (Phi) is 3.61. The lowest BCUT2D eigenvalue weighted by Crippen LogP contribution is -2.35. The average Bonchev–Trinajstić information content (AvgIpc) is 3.32. The number of aryl methyl sites for hydroxylation is 1. The number of fused-ring (bicyclic) bond motifs is 1. The normalized spacial score (nSPS) is 18.0. The number of Topliss-reactive ketones (excluding diaryl/α,β-unsaturated/α-hetero) is 1. The lowest BCUT2D eigenvalue weighted by atomic mass is 9.99. The molecule has 3 nitrogen and oxygen atoms in total. The standard InChI is InChI=1S/C20H24N2O/c1-14-11-19(15(2)22(14)18-7-8-18)20(23)13-21-10-9-16-5-3-4-6-17(16)12-21/h3-6,11,18H,7-10,12-13H2,1-2H3. The summed E-state index contributed by atoms with van der Waals surface area (Å²) in [4.78, 5) is 15.1. The molecule has 0 radical (unpaired) electrons. The van der Waals surface area contributed by atoms with Crippen LogP contribution < -0.4 is 0 Å². The number of hydrogen-bond acceptors (Lipinski definition) is 2. The third kappa shape index (κ3) is 2.74. The second-order valence-electron chi connectivity index (χ2n) is 7.04. The number of carbonyl (C=O) groups excluding carboxylic acids is 1. The zero-order valence-electron chi connectivity index (χ0n) is 14.0. The second kappa shape index (κ2) is 5.64. The summed E-state index contributed by atoms with van der Waals surface area (Å²) >= 11 is 0. The lowest BCUT2D eigenvalue weighted by Gasteiger charge is -2.28. The van der Waals surface area contributed by atoms with Crippen molar-refractivity contribution in [3.8, 4) is 0 Å². The van der Waals surface area contributed by atoms with E-state index in [9.17, 15) is 4.79 Å². The number of nitrogens with zero attached hydrogens (tertiary/aromatic N) is 2. The second-order valence-corrected chi connectivity index (χ2v) is 7.04. The van der Waals surface area contributed by atoms with Gasteiger partial charge in [-0.3, -0.25) is 9.69 Å². The first-order valence-corrected chi connectivity index (χ1v) is 8.64. The third-order valence-corrected chi connectivity index (χ3v) is 5.27. The highest BCUT2D eigenvalue weighted by Crippen LogP contribution is 2.38. The van der Waals surface area contributed by atoms with Crippen molar-refractivity contribution < 1.29 is 4.79 Å². The molecule has 4 rings (SSSR count). The Hall–Kier alpha value is -1.87. The largest absolute Gasteiger partial charge is 0.345 e. The number of rotatable bonds is 4. The summed E-state index contributed by atoms with van der Waals surface area (Å²) in [5.74, 6) is 0.268. The van der Waals surface area contributed by atoms with Crippen molar-refractivity contribution in [3.05, 3.63) is 58.4 Å². The van der Waals surface area contributed by atoms with Crippen LogP contribution >= 0.6 is 0 Å². The van der Waals surface area contributed by atoms with E-state index in [1.165, 1.54) is 29.7 Å². The smallest absolute Gasteiger partial charge is 0.178 e. The van der Waals surface area contributed by atoms with E-state index in [0.29, 0.717) is 12.6 Å². The molecule has 1 aromatic heterocycles. The van der Waals surface area contributed by atoms with Crippen molar-refractivity contribution in [1.29, 1.82) is 0 Å². The quantitative estimate of drug-likeness (QED) is 0.805. The van der Waals surface area contributed by atoms with Crippen molar-refractivity contribution in [2.45, 2.75) is 45.7 Å². The molecule has 1 aliphatic carbocycles. The van der Waals surface area contributed by atoms with Crippen molar-refractivity contribution in [1.82, 2.24) is 9.47 Å². The van der Waals surface area contributed by atoms with Gasteiger partial charge >= 0.3 is 0 Å². The molecular formula is C20H24N2O. The molecule has 3 heteroatoms. The van der Waals surface area contributed by atoms with Gasteiger partial charge in [-0.1, -0.05) is 24.3 Å². The monoisotopic (exact) mass is 308 g/mol. The number of ketones is 1. The van der Waals surface area contributed by atoms with Gasteiger partial charge in [0.1, 0.15) is 0 Å². The Balaban J connectivity index is 1.50. The Labute approximate surface area is 137 Å². The Morgan fingerprint density at radius 2 is 1.91 bits per heavy atom. The molecule has 23 heavy (non-hydrogen) atoms. The van der Waals surface area contributed by atoms with E-state index in [0.717, 1.165) is 30.8 Å². The summed E-state index contributed by atoms with van der Waals surface area (Å²) in [6.45, 7) is 6.62. The maximum Gasteiger partial charge on any atom is 0.178 e.